The van der Waals surface area contributed by atoms with E-state index in [0.29, 0.717) is 38.6 Å². The molecule has 1 aromatic rings. The molecule has 2 amide bonds. The summed E-state index contributed by atoms with van der Waals surface area (Å²) >= 11 is 0. The number of amides is 2. The molecule has 0 spiro atoms. The summed E-state index contributed by atoms with van der Waals surface area (Å²) in [5.74, 6) is 0.0230. The predicted octanol–water partition coefficient (Wildman–Crippen LogP) is 3.77. The third-order valence-corrected chi connectivity index (χ3v) is 6.57. The summed E-state index contributed by atoms with van der Waals surface area (Å²) in [7, 11) is 0. The van der Waals surface area contributed by atoms with Gasteiger partial charge >= 0.3 is 12.2 Å². The van der Waals surface area contributed by atoms with Crippen LogP contribution >= 0.6 is 0 Å². The fourth-order valence-corrected chi connectivity index (χ4v) is 4.75. The number of benzene rings is 1. The number of alkyl carbamates (subject to hydrolysis) is 1. The van der Waals surface area contributed by atoms with Crippen LogP contribution in [0.2, 0.25) is 0 Å². The lowest BCUT2D eigenvalue weighted by Gasteiger charge is -2.41. The zero-order valence-corrected chi connectivity index (χ0v) is 20.0. The lowest BCUT2D eigenvalue weighted by Crippen LogP contribution is -2.53. The molecule has 8 nitrogen and oxygen atoms in total. The third-order valence-electron chi connectivity index (χ3n) is 6.57. The summed E-state index contributed by atoms with van der Waals surface area (Å²) in [6, 6.07) is 8.93. The first kappa shape index (κ1) is 25.0. The lowest BCUT2D eigenvalue weighted by molar-refractivity contribution is -0.134. The van der Waals surface area contributed by atoms with Gasteiger partial charge in [-0.15, -0.1) is 0 Å². The largest absolute Gasteiger partial charge is 0.445 e. The second kappa shape index (κ2) is 10.5. The molecule has 182 valence electrons. The van der Waals surface area contributed by atoms with Crippen LogP contribution in [-0.2, 0) is 20.9 Å². The van der Waals surface area contributed by atoms with Gasteiger partial charge in [-0.3, -0.25) is 9.69 Å². The fraction of sp³-hybridized carbons (Fsp3) is 0.640. The average Bonchev–Trinajstić information content (AvgIpc) is 3.27. The fourth-order valence-electron chi connectivity index (χ4n) is 4.75. The van der Waals surface area contributed by atoms with E-state index in [1.54, 1.807) is 4.90 Å². The van der Waals surface area contributed by atoms with Gasteiger partial charge in [0, 0.05) is 24.5 Å². The first-order chi connectivity index (χ1) is 15.6. The topological polar surface area (TPSA) is 111 Å². The molecule has 1 unspecified atom stereocenters. The Morgan fingerprint density at radius 2 is 1.79 bits per heavy atom. The molecule has 1 aromatic carbocycles. The number of carbonyl (C=O) groups excluding carboxylic acids is 3. The molecule has 33 heavy (non-hydrogen) atoms. The van der Waals surface area contributed by atoms with Crippen molar-refractivity contribution in [2.45, 2.75) is 83.6 Å². The highest BCUT2D eigenvalue weighted by molar-refractivity contribution is 5.93. The number of nitrogens with two attached hydrogens (primary N) is 1. The van der Waals surface area contributed by atoms with Crippen LogP contribution in [0.15, 0.2) is 30.3 Å². The van der Waals surface area contributed by atoms with Gasteiger partial charge in [0.1, 0.15) is 12.2 Å². The molecular formula is C25H37N3O5. The molecule has 3 rings (SSSR count). The van der Waals surface area contributed by atoms with Crippen LogP contribution in [-0.4, -0.2) is 53.6 Å². The van der Waals surface area contributed by atoms with Crippen molar-refractivity contribution in [1.82, 2.24) is 10.2 Å². The van der Waals surface area contributed by atoms with Gasteiger partial charge in [-0.05, 0) is 64.9 Å². The summed E-state index contributed by atoms with van der Waals surface area (Å²) in [4.78, 5) is 40.0. The summed E-state index contributed by atoms with van der Waals surface area (Å²) in [5.41, 5.74) is 5.79. The van der Waals surface area contributed by atoms with Gasteiger partial charge in [0.2, 0.25) is 0 Å². The number of hydrogen-bond acceptors (Lipinski definition) is 6. The molecule has 1 saturated heterocycles. The van der Waals surface area contributed by atoms with E-state index in [9.17, 15) is 14.4 Å². The minimum absolute atomic E-state index is 0.0230. The number of Topliss-reactive ketones (excluding diaryl/α,β-unsaturated/α-hetero) is 1. The quantitative estimate of drug-likeness (QED) is 0.670. The zero-order valence-electron chi connectivity index (χ0n) is 20.0. The Morgan fingerprint density at radius 1 is 1.12 bits per heavy atom. The van der Waals surface area contributed by atoms with Crippen molar-refractivity contribution in [3.05, 3.63) is 35.9 Å². The number of rotatable bonds is 6. The molecule has 1 atom stereocenters. The van der Waals surface area contributed by atoms with Crippen LogP contribution < -0.4 is 11.1 Å². The van der Waals surface area contributed by atoms with Gasteiger partial charge in [0.05, 0.1) is 6.04 Å². The van der Waals surface area contributed by atoms with Crippen LogP contribution in [0.3, 0.4) is 0 Å². The molecule has 2 aliphatic rings. The zero-order chi connectivity index (χ0) is 24.1. The Labute approximate surface area is 196 Å². The van der Waals surface area contributed by atoms with Crippen molar-refractivity contribution in [2.75, 3.05) is 13.1 Å². The van der Waals surface area contributed by atoms with E-state index in [1.807, 2.05) is 51.1 Å². The molecule has 2 fully saturated rings. The maximum Gasteiger partial charge on any atom is 0.410 e. The van der Waals surface area contributed by atoms with E-state index >= 15 is 0 Å². The summed E-state index contributed by atoms with van der Waals surface area (Å²) < 4.78 is 10.8. The first-order valence-electron chi connectivity index (χ1n) is 11.8. The molecule has 1 heterocycles. The van der Waals surface area contributed by atoms with Crippen molar-refractivity contribution in [3.8, 4) is 0 Å². The molecule has 3 N–H and O–H groups in total. The average molecular weight is 460 g/mol. The van der Waals surface area contributed by atoms with Gasteiger partial charge in [0.25, 0.3) is 0 Å². The van der Waals surface area contributed by atoms with Gasteiger partial charge in [-0.1, -0.05) is 30.3 Å². The number of carbonyl (C=O) groups is 3. The maximum absolute atomic E-state index is 13.6. The highest BCUT2D eigenvalue weighted by Gasteiger charge is 2.47. The van der Waals surface area contributed by atoms with Crippen LogP contribution in [0.5, 0.6) is 0 Å². The second-order valence-electron chi connectivity index (χ2n) is 10.2. The second-order valence-corrected chi connectivity index (χ2v) is 10.2. The Morgan fingerprint density at radius 3 is 2.39 bits per heavy atom. The Bertz CT molecular complexity index is 828. The van der Waals surface area contributed by atoms with Crippen molar-refractivity contribution in [2.24, 2.45) is 11.1 Å². The smallest absolute Gasteiger partial charge is 0.410 e. The summed E-state index contributed by atoms with van der Waals surface area (Å²) in [5, 5.41) is 2.91. The minimum Gasteiger partial charge on any atom is -0.445 e. The van der Waals surface area contributed by atoms with Crippen LogP contribution in [0.25, 0.3) is 0 Å². The van der Waals surface area contributed by atoms with Crippen LogP contribution in [0.4, 0.5) is 9.59 Å². The molecule has 1 aliphatic heterocycles. The minimum atomic E-state index is -0.681. The number of nitrogens with zero attached hydrogens (tertiary/aromatic N) is 1. The molecule has 1 aliphatic carbocycles. The van der Waals surface area contributed by atoms with Crippen LogP contribution in [0, 0.1) is 5.41 Å². The van der Waals surface area contributed by atoms with Gasteiger partial charge in [-0.25, -0.2) is 9.59 Å². The van der Waals surface area contributed by atoms with Gasteiger partial charge in [0.15, 0.2) is 5.78 Å². The number of nitrogens with one attached hydrogen (secondary N) is 1. The molecule has 1 saturated carbocycles. The predicted molar refractivity (Wildman–Crippen MR) is 124 cm³/mol. The highest BCUT2D eigenvalue weighted by atomic mass is 16.6. The van der Waals surface area contributed by atoms with Gasteiger partial charge < -0.3 is 20.5 Å². The normalized spacial score (nSPS) is 25.4. The number of ketones is 1. The van der Waals surface area contributed by atoms with E-state index in [-0.39, 0.29) is 25.0 Å². The molecule has 0 radical (unpaired) electrons. The van der Waals surface area contributed by atoms with E-state index in [1.165, 1.54) is 0 Å². The molecular weight excluding hydrogens is 422 g/mol. The summed E-state index contributed by atoms with van der Waals surface area (Å²) in [6.45, 7) is 6.39. The standard InChI is InChI=1S/C25H37N3O5/c1-24(2,3)33-22(30)27-19-11-13-25(17-26,14-12-19)21(29)20-10-7-15-28(20)23(31)32-16-18-8-5-4-6-9-18/h4-6,8-9,19-20H,7,10-17,26H2,1-3H3,(H,27,30). The van der Waals surface area contributed by atoms with E-state index in [4.69, 9.17) is 15.2 Å². The van der Waals surface area contributed by atoms with Crippen molar-refractivity contribution in [3.63, 3.8) is 0 Å². The molecule has 8 heteroatoms. The van der Waals surface area contributed by atoms with E-state index in [2.05, 4.69) is 5.32 Å². The molecule has 0 bridgehead atoms. The lowest BCUT2D eigenvalue weighted by atomic mass is 9.68. The summed E-state index contributed by atoms with van der Waals surface area (Å²) in [6.07, 6.45) is 2.93. The number of likely N-dealkylation sites (tertiary alicyclic amines) is 1. The van der Waals surface area contributed by atoms with Crippen molar-refractivity contribution in [1.29, 1.82) is 0 Å². The number of ether oxygens (including phenoxy) is 2. The highest BCUT2D eigenvalue weighted by Crippen LogP contribution is 2.40. The Kier molecular flexibility index (Phi) is 8.00. The SMILES string of the molecule is CC(C)(C)OC(=O)NC1CCC(CN)(C(=O)C2CCCN2C(=O)OCc2ccccc2)CC1. The number of hydrogen-bond donors (Lipinski definition) is 2. The van der Waals surface area contributed by atoms with Crippen LogP contribution in [0.1, 0.15) is 64.9 Å². The maximum atomic E-state index is 13.6. The first-order valence-corrected chi connectivity index (χ1v) is 11.8. The monoisotopic (exact) mass is 459 g/mol. The van der Waals surface area contributed by atoms with Gasteiger partial charge in [-0.2, -0.15) is 0 Å². The van der Waals surface area contributed by atoms with E-state index < -0.39 is 29.2 Å². The van der Waals surface area contributed by atoms with Crippen molar-refractivity contribution >= 4 is 18.0 Å². The van der Waals surface area contributed by atoms with E-state index in [0.717, 1.165) is 12.0 Å². The van der Waals surface area contributed by atoms with Crippen molar-refractivity contribution < 1.29 is 23.9 Å². The molecule has 0 aromatic heterocycles. The Balaban J connectivity index is 1.57. The third kappa shape index (κ3) is 6.47. The Hall–Kier alpha value is -2.61.